The number of aryl methyl sites for hydroxylation is 1. The zero-order valence-corrected chi connectivity index (χ0v) is 18.6. The van der Waals surface area contributed by atoms with Gasteiger partial charge in [0.2, 0.25) is 5.91 Å². The first-order chi connectivity index (χ1) is 11.3. The highest BCUT2D eigenvalue weighted by Gasteiger charge is 2.09. The molecule has 0 radical (unpaired) electrons. The lowest BCUT2D eigenvalue weighted by molar-refractivity contribution is -0.127. The fraction of sp³-hybridized carbons (Fsp3) is 0.579. The molecule has 0 aliphatic rings. The molecule has 142 valence electrons. The van der Waals surface area contributed by atoms with Crippen molar-refractivity contribution >= 4 is 35.8 Å². The topological polar surface area (TPSA) is 56.7 Å². The number of benzene rings is 1. The van der Waals surface area contributed by atoms with E-state index >= 15 is 0 Å². The molecule has 1 atom stereocenters. The predicted molar refractivity (Wildman–Crippen MR) is 117 cm³/mol. The van der Waals surface area contributed by atoms with Crippen LogP contribution in [0, 0.1) is 12.8 Å². The molecule has 0 bridgehead atoms. The highest BCUT2D eigenvalue weighted by molar-refractivity contribution is 14.0. The first-order valence-corrected chi connectivity index (χ1v) is 8.58. The third kappa shape index (κ3) is 9.67. The van der Waals surface area contributed by atoms with Crippen molar-refractivity contribution in [3.63, 3.8) is 0 Å². The van der Waals surface area contributed by atoms with Crippen molar-refractivity contribution in [3.05, 3.63) is 35.4 Å². The molecule has 0 heterocycles. The molecule has 1 aromatic rings. The monoisotopic (exact) mass is 460 g/mol. The molecule has 0 aliphatic heterocycles. The number of amides is 1. The fourth-order valence-electron chi connectivity index (χ4n) is 2.03. The lowest BCUT2D eigenvalue weighted by Gasteiger charge is -2.18. The Labute approximate surface area is 169 Å². The van der Waals surface area contributed by atoms with Gasteiger partial charge in [-0.2, -0.15) is 0 Å². The molecule has 0 aliphatic carbocycles. The Kier molecular flexibility index (Phi) is 11.5. The van der Waals surface area contributed by atoms with Crippen LogP contribution in [0.15, 0.2) is 29.3 Å². The van der Waals surface area contributed by atoms with Gasteiger partial charge in [-0.3, -0.25) is 4.79 Å². The summed E-state index contributed by atoms with van der Waals surface area (Å²) in [6, 6.07) is 8.59. The van der Waals surface area contributed by atoms with Gasteiger partial charge in [0.25, 0.3) is 0 Å². The van der Waals surface area contributed by atoms with E-state index in [0.29, 0.717) is 17.8 Å². The van der Waals surface area contributed by atoms with Crippen LogP contribution in [-0.2, 0) is 4.79 Å². The Balaban J connectivity index is 0.00000576. The summed E-state index contributed by atoms with van der Waals surface area (Å²) < 4.78 is 0. The first kappa shape index (κ1) is 23.7. The quantitative estimate of drug-likeness (QED) is 0.374. The van der Waals surface area contributed by atoms with Crippen molar-refractivity contribution in [1.29, 1.82) is 0 Å². The molecule has 0 saturated heterocycles. The second kappa shape index (κ2) is 12.1. The lowest BCUT2D eigenvalue weighted by atomic mass is 10.0. The van der Waals surface area contributed by atoms with E-state index in [-0.39, 0.29) is 36.4 Å². The van der Waals surface area contributed by atoms with Gasteiger partial charge in [0.05, 0.1) is 0 Å². The maximum atomic E-state index is 11.7. The average molecular weight is 460 g/mol. The minimum absolute atomic E-state index is 0. The van der Waals surface area contributed by atoms with Gasteiger partial charge >= 0.3 is 0 Å². The summed E-state index contributed by atoms with van der Waals surface area (Å²) in [5, 5.41) is 6.65. The maximum absolute atomic E-state index is 11.7. The summed E-state index contributed by atoms with van der Waals surface area (Å²) in [5.41, 5.74) is 2.56. The minimum Gasteiger partial charge on any atom is -0.356 e. The third-order valence-electron chi connectivity index (χ3n) is 3.77. The summed E-state index contributed by atoms with van der Waals surface area (Å²) in [4.78, 5) is 17.7. The zero-order chi connectivity index (χ0) is 18.1. The Morgan fingerprint density at radius 1 is 1.08 bits per heavy atom. The molecule has 1 unspecified atom stereocenters. The lowest BCUT2D eigenvalue weighted by Crippen LogP contribution is -2.41. The van der Waals surface area contributed by atoms with Gasteiger partial charge in [-0.1, -0.05) is 50.6 Å². The number of halogens is 1. The van der Waals surface area contributed by atoms with E-state index in [1.54, 1.807) is 19.0 Å². The molecular weight excluding hydrogens is 427 g/mol. The van der Waals surface area contributed by atoms with Crippen LogP contribution in [0.25, 0.3) is 0 Å². The summed E-state index contributed by atoms with van der Waals surface area (Å²) in [5.74, 6) is 1.56. The second-order valence-corrected chi connectivity index (χ2v) is 6.92. The molecule has 1 aromatic carbocycles. The second-order valence-electron chi connectivity index (χ2n) is 6.92. The molecule has 2 N–H and O–H groups in total. The van der Waals surface area contributed by atoms with Crippen LogP contribution in [0.1, 0.15) is 37.8 Å². The van der Waals surface area contributed by atoms with E-state index in [2.05, 4.69) is 67.6 Å². The van der Waals surface area contributed by atoms with Gasteiger partial charge in [0, 0.05) is 27.2 Å². The van der Waals surface area contributed by atoms with Gasteiger partial charge in [-0.05, 0) is 24.3 Å². The summed E-state index contributed by atoms with van der Waals surface area (Å²) in [6.45, 7) is 10.3. The molecule has 1 amide bonds. The minimum atomic E-state index is -0.00719. The Morgan fingerprint density at radius 3 is 2.16 bits per heavy atom. The molecule has 6 heteroatoms. The number of carbonyl (C=O) groups is 1. The number of nitrogens with one attached hydrogen (secondary N) is 2. The maximum Gasteiger partial charge on any atom is 0.243 e. The fourth-order valence-corrected chi connectivity index (χ4v) is 2.03. The molecule has 25 heavy (non-hydrogen) atoms. The molecule has 5 nitrogen and oxygen atoms in total. The van der Waals surface area contributed by atoms with E-state index in [4.69, 9.17) is 0 Å². The van der Waals surface area contributed by atoms with Gasteiger partial charge in [0.1, 0.15) is 6.54 Å². The number of likely N-dealkylation sites (N-methyl/N-ethyl adjacent to an activating group) is 1. The molecule has 0 spiro atoms. The highest BCUT2D eigenvalue weighted by Crippen LogP contribution is 2.14. The largest absolute Gasteiger partial charge is 0.356 e. The number of nitrogens with zero attached hydrogens (tertiary/aromatic N) is 2. The standard InChI is InChI=1S/C19H32N4O.HI/c1-14(2)11-20-19(22-13-18(24)23(5)6)21-12-16(4)17-9-7-15(3)8-10-17;/h7-10,14,16H,11-13H2,1-6H3,(H2,20,21,22);1H. The number of rotatable bonds is 7. The smallest absolute Gasteiger partial charge is 0.243 e. The number of aliphatic imine (C=N–C) groups is 1. The van der Waals surface area contributed by atoms with Crippen molar-refractivity contribution < 1.29 is 4.79 Å². The number of guanidine groups is 1. The van der Waals surface area contributed by atoms with Crippen LogP contribution in [0.5, 0.6) is 0 Å². The Hall–Kier alpha value is -1.31. The predicted octanol–water partition coefficient (Wildman–Crippen LogP) is 3.00. The van der Waals surface area contributed by atoms with Crippen molar-refractivity contribution in [2.75, 3.05) is 33.7 Å². The van der Waals surface area contributed by atoms with Crippen molar-refractivity contribution in [2.45, 2.75) is 33.6 Å². The molecule has 0 aromatic heterocycles. The summed E-state index contributed by atoms with van der Waals surface area (Å²) in [6.07, 6.45) is 0. The first-order valence-electron chi connectivity index (χ1n) is 8.58. The van der Waals surface area contributed by atoms with Gasteiger partial charge in [-0.15, -0.1) is 24.0 Å². The van der Waals surface area contributed by atoms with Crippen LogP contribution in [0.3, 0.4) is 0 Å². The molecular formula is C19H33IN4O. The third-order valence-corrected chi connectivity index (χ3v) is 3.77. The summed E-state index contributed by atoms with van der Waals surface area (Å²) >= 11 is 0. The van der Waals surface area contributed by atoms with Gasteiger partial charge in [0.15, 0.2) is 5.96 Å². The highest BCUT2D eigenvalue weighted by atomic mass is 127. The number of carbonyl (C=O) groups excluding carboxylic acids is 1. The van der Waals surface area contributed by atoms with E-state index in [1.807, 2.05) is 0 Å². The Bertz CT molecular complexity index is 541. The zero-order valence-electron chi connectivity index (χ0n) is 16.3. The van der Waals surface area contributed by atoms with E-state index in [0.717, 1.165) is 13.1 Å². The van der Waals surface area contributed by atoms with Crippen LogP contribution < -0.4 is 10.6 Å². The normalized spacial score (nSPS) is 12.4. The van der Waals surface area contributed by atoms with Crippen LogP contribution >= 0.6 is 24.0 Å². The SMILES string of the molecule is Cc1ccc(C(C)CNC(=NCC(=O)N(C)C)NCC(C)C)cc1.I. The van der Waals surface area contributed by atoms with E-state index in [1.165, 1.54) is 11.1 Å². The van der Waals surface area contributed by atoms with Crippen molar-refractivity contribution in [1.82, 2.24) is 15.5 Å². The number of hydrogen-bond acceptors (Lipinski definition) is 2. The molecule has 0 fully saturated rings. The van der Waals surface area contributed by atoms with Gasteiger partial charge < -0.3 is 15.5 Å². The Morgan fingerprint density at radius 2 is 1.64 bits per heavy atom. The van der Waals surface area contributed by atoms with E-state index in [9.17, 15) is 4.79 Å². The molecule has 0 saturated carbocycles. The summed E-state index contributed by atoms with van der Waals surface area (Å²) in [7, 11) is 3.48. The van der Waals surface area contributed by atoms with Crippen LogP contribution in [-0.4, -0.2) is 50.5 Å². The molecule has 1 rings (SSSR count). The van der Waals surface area contributed by atoms with Crippen LogP contribution in [0.2, 0.25) is 0 Å². The van der Waals surface area contributed by atoms with Crippen molar-refractivity contribution in [2.24, 2.45) is 10.9 Å². The van der Waals surface area contributed by atoms with Crippen molar-refractivity contribution in [3.8, 4) is 0 Å². The van der Waals surface area contributed by atoms with Gasteiger partial charge in [-0.25, -0.2) is 4.99 Å². The number of hydrogen-bond donors (Lipinski definition) is 2. The average Bonchev–Trinajstić information content (AvgIpc) is 2.53. The van der Waals surface area contributed by atoms with Crippen LogP contribution in [0.4, 0.5) is 0 Å². The van der Waals surface area contributed by atoms with E-state index < -0.39 is 0 Å².